The number of carbonyl (C=O) groups excluding carboxylic acids is 2. The van der Waals surface area contributed by atoms with Crippen LogP contribution in [0.3, 0.4) is 0 Å². The molecule has 24 heavy (non-hydrogen) atoms. The first-order valence-corrected chi connectivity index (χ1v) is 7.18. The highest BCUT2D eigenvalue weighted by Crippen LogP contribution is 2.20. The molecule has 0 aliphatic carbocycles. The normalized spacial score (nSPS) is 10.5. The molecule has 0 spiro atoms. The molecule has 2 rings (SSSR count). The number of hydrogen-bond donors (Lipinski definition) is 2. The Bertz CT molecular complexity index is 788. The lowest BCUT2D eigenvalue weighted by molar-refractivity contribution is -0.114. The predicted molar refractivity (Wildman–Crippen MR) is 91.4 cm³/mol. The van der Waals surface area contributed by atoms with Crippen molar-refractivity contribution in [2.24, 2.45) is 0 Å². The number of amides is 2. The highest BCUT2D eigenvalue weighted by atomic mass is 19.1. The number of nitrogens with one attached hydrogen (secondary N) is 2. The first-order chi connectivity index (χ1) is 11.5. The summed E-state index contributed by atoms with van der Waals surface area (Å²) in [5, 5.41) is 4.97. The van der Waals surface area contributed by atoms with Gasteiger partial charge in [-0.3, -0.25) is 9.59 Å². The molecule has 2 aromatic carbocycles. The van der Waals surface area contributed by atoms with Crippen molar-refractivity contribution in [1.29, 1.82) is 0 Å². The molecule has 0 bridgehead atoms. The van der Waals surface area contributed by atoms with Crippen LogP contribution in [-0.2, 0) is 9.59 Å². The van der Waals surface area contributed by atoms with Gasteiger partial charge in [-0.2, -0.15) is 0 Å². The molecule has 0 aromatic heterocycles. The zero-order chi connectivity index (χ0) is 17.5. The third-order valence-corrected chi connectivity index (χ3v) is 3.07. The fourth-order valence-corrected chi connectivity index (χ4v) is 1.99. The Balaban J connectivity index is 2.06. The summed E-state index contributed by atoms with van der Waals surface area (Å²) >= 11 is 0. The lowest BCUT2D eigenvalue weighted by Gasteiger charge is -2.07. The van der Waals surface area contributed by atoms with E-state index in [0.717, 1.165) is 5.56 Å². The van der Waals surface area contributed by atoms with E-state index in [1.54, 1.807) is 25.3 Å². The first kappa shape index (κ1) is 17.2. The molecular weight excluding hydrogens is 311 g/mol. The van der Waals surface area contributed by atoms with E-state index in [2.05, 4.69) is 10.6 Å². The Hall–Kier alpha value is -3.15. The van der Waals surface area contributed by atoms with Crippen LogP contribution in [0, 0.1) is 5.82 Å². The predicted octanol–water partition coefficient (Wildman–Crippen LogP) is 3.44. The van der Waals surface area contributed by atoms with E-state index in [0.29, 0.717) is 11.4 Å². The number of halogens is 1. The molecule has 0 heterocycles. The Labute approximate surface area is 139 Å². The van der Waals surface area contributed by atoms with E-state index in [-0.39, 0.29) is 11.6 Å². The van der Waals surface area contributed by atoms with Crippen LogP contribution >= 0.6 is 0 Å². The van der Waals surface area contributed by atoms with Gasteiger partial charge < -0.3 is 15.4 Å². The lowest BCUT2D eigenvalue weighted by Crippen LogP contribution is -2.10. The summed E-state index contributed by atoms with van der Waals surface area (Å²) in [7, 11) is 1.57. The van der Waals surface area contributed by atoms with Gasteiger partial charge in [-0.05, 0) is 42.0 Å². The Morgan fingerprint density at radius 3 is 2.62 bits per heavy atom. The zero-order valence-electron chi connectivity index (χ0n) is 13.3. The maximum atomic E-state index is 13.6. The maximum Gasteiger partial charge on any atom is 0.248 e. The number of rotatable bonds is 5. The van der Waals surface area contributed by atoms with Crippen molar-refractivity contribution in [2.45, 2.75) is 6.92 Å². The van der Waals surface area contributed by atoms with Crippen LogP contribution in [0.4, 0.5) is 15.8 Å². The number of hydrogen-bond acceptors (Lipinski definition) is 3. The number of benzene rings is 2. The summed E-state index contributed by atoms with van der Waals surface area (Å²) in [5.74, 6) is -0.653. The standard InChI is InChI=1S/C18H17FN2O3/c1-12(22)20-17-11-14(7-8-16(17)19)21-18(23)9-6-13-4-3-5-15(10-13)24-2/h3-11H,1-2H3,(H,20,22)(H,21,23). The van der Waals surface area contributed by atoms with Gasteiger partial charge in [0.05, 0.1) is 12.8 Å². The summed E-state index contributed by atoms with van der Waals surface area (Å²) in [6.45, 7) is 1.28. The second-order valence-electron chi connectivity index (χ2n) is 4.98. The number of methoxy groups -OCH3 is 1. The largest absolute Gasteiger partial charge is 0.497 e. The Morgan fingerprint density at radius 1 is 1.12 bits per heavy atom. The number of ether oxygens (including phenoxy) is 1. The van der Waals surface area contributed by atoms with Crippen LogP contribution in [0.2, 0.25) is 0 Å². The second-order valence-corrected chi connectivity index (χ2v) is 4.98. The van der Waals surface area contributed by atoms with Gasteiger partial charge in [-0.25, -0.2) is 4.39 Å². The highest BCUT2D eigenvalue weighted by Gasteiger charge is 2.06. The molecule has 0 saturated carbocycles. The minimum absolute atomic E-state index is 0.0112. The monoisotopic (exact) mass is 328 g/mol. The quantitative estimate of drug-likeness (QED) is 0.826. The number of anilines is 2. The van der Waals surface area contributed by atoms with E-state index < -0.39 is 11.7 Å². The fraction of sp³-hybridized carbons (Fsp3) is 0.111. The SMILES string of the molecule is COc1cccc(C=CC(=O)Nc2ccc(F)c(NC(C)=O)c2)c1. The smallest absolute Gasteiger partial charge is 0.248 e. The molecule has 0 atom stereocenters. The van der Waals surface area contributed by atoms with E-state index in [9.17, 15) is 14.0 Å². The molecule has 0 fully saturated rings. The van der Waals surface area contributed by atoms with Gasteiger partial charge in [-0.1, -0.05) is 12.1 Å². The molecule has 0 unspecified atom stereocenters. The third kappa shape index (κ3) is 4.95. The van der Waals surface area contributed by atoms with Gasteiger partial charge >= 0.3 is 0 Å². The molecular formula is C18H17FN2O3. The van der Waals surface area contributed by atoms with Gasteiger partial charge in [0.25, 0.3) is 0 Å². The molecule has 2 amide bonds. The molecule has 0 radical (unpaired) electrons. The summed E-state index contributed by atoms with van der Waals surface area (Å²) in [4.78, 5) is 23.0. The molecule has 5 nitrogen and oxygen atoms in total. The summed E-state index contributed by atoms with van der Waals surface area (Å²) < 4.78 is 18.7. The van der Waals surface area contributed by atoms with E-state index in [4.69, 9.17) is 4.74 Å². The summed E-state index contributed by atoms with van der Waals surface area (Å²) in [6, 6.07) is 11.2. The van der Waals surface area contributed by atoms with Crippen molar-refractivity contribution >= 4 is 29.3 Å². The van der Waals surface area contributed by atoms with Crippen molar-refractivity contribution in [3.05, 3.63) is 59.9 Å². The van der Waals surface area contributed by atoms with Crippen molar-refractivity contribution in [3.63, 3.8) is 0 Å². The van der Waals surface area contributed by atoms with Crippen LogP contribution in [-0.4, -0.2) is 18.9 Å². The van der Waals surface area contributed by atoms with Gasteiger partial charge in [0.15, 0.2) is 0 Å². The minimum Gasteiger partial charge on any atom is -0.497 e. The summed E-state index contributed by atoms with van der Waals surface area (Å²) in [6.07, 6.45) is 2.99. The molecule has 2 N–H and O–H groups in total. The Morgan fingerprint density at radius 2 is 1.92 bits per heavy atom. The molecule has 124 valence electrons. The lowest BCUT2D eigenvalue weighted by atomic mass is 10.2. The van der Waals surface area contributed by atoms with Gasteiger partial charge in [-0.15, -0.1) is 0 Å². The van der Waals surface area contributed by atoms with Gasteiger partial charge in [0.2, 0.25) is 11.8 Å². The van der Waals surface area contributed by atoms with Crippen LogP contribution in [0.15, 0.2) is 48.5 Å². The summed E-state index contributed by atoms with van der Waals surface area (Å²) in [5.41, 5.74) is 1.19. The third-order valence-electron chi connectivity index (χ3n) is 3.07. The van der Waals surface area contributed by atoms with E-state index in [1.165, 1.54) is 31.2 Å². The van der Waals surface area contributed by atoms with Gasteiger partial charge in [0.1, 0.15) is 11.6 Å². The van der Waals surface area contributed by atoms with Crippen molar-refractivity contribution in [1.82, 2.24) is 0 Å². The van der Waals surface area contributed by atoms with Crippen LogP contribution < -0.4 is 15.4 Å². The molecule has 0 saturated heterocycles. The zero-order valence-corrected chi connectivity index (χ0v) is 13.3. The highest BCUT2D eigenvalue weighted by molar-refractivity contribution is 6.02. The van der Waals surface area contributed by atoms with E-state index in [1.807, 2.05) is 12.1 Å². The van der Waals surface area contributed by atoms with Crippen LogP contribution in [0.5, 0.6) is 5.75 Å². The van der Waals surface area contributed by atoms with E-state index >= 15 is 0 Å². The second kappa shape index (κ2) is 7.92. The van der Waals surface area contributed by atoms with Crippen molar-refractivity contribution in [2.75, 3.05) is 17.7 Å². The first-order valence-electron chi connectivity index (χ1n) is 7.18. The maximum absolute atomic E-state index is 13.6. The molecule has 6 heteroatoms. The molecule has 0 aliphatic rings. The van der Waals surface area contributed by atoms with Crippen molar-refractivity contribution < 1.29 is 18.7 Å². The molecule has 2 aromatic rings. The van der Waals surface area contributed by atoms with Crippen molar-refractivity contribution in [3.8, 4) is 5.75 Å². The molecule has 0 aliphatic heterocycles. The topological polar surface area (TPSA) is 67.4 Å². The fourth-order valence-electron chi connectivity index (χ4n) is 1.99. The Kier molecular flexibility index (Phi) is 5.68. The minimum atomic E-state index is -0.574. The average Bonchev–Trinajstić information content (AvgIpc) is 2.56. The van der Waals surface area contributed by atoms with Crippen LogP contribution in [0.1, 0.15) is 12.5 Å². The van der Waals surface area contributed by atoms with Crippen LogP contribution in [0.25, 0.3) is 6.08 Å². The average molecular weight is 328 g/mol. The van der Waals surface area contributed by atoms with Gasteiger partial charge in [0, 0.05) is 18.7 Å². The number of carbonyl (C=O) groups is 2.